The zero-order valence-corrected chi connectivity index (χ0v) is 13.4. The molecular formula is C16H15Cl2N3. The first-order chi connectivity index (χ1) is 10.0. The molecule has 0 atom stereocenters. The summed E-state index contributed by atoms with van der Waals surface area (Å²) in [5.41, 5.74) is 3.41. The third-order valence-corrected chi connectivity index (χ3v) is 3.75. The molecule has 0 saturated heterocycles. The molecule has 0 aliphatic carbocycles. The highest BCUT2D eigenvalue weighted by molar-refractivity contribution is 6.35. The number of anilines is 1. The molecule has 1 aromatic carbocycles. The number of aromatic nitrogens is 1. The van der Waals surface area contributed by atoms with E-state index >= 15 is 0 Å². The maximum absolute atomic E-state index is 9.22. The topological polar surface area (TPSA) is 48.7 Å². The third-order valence-electron chi connectivity index (χ3n) is 3.16. The monoisotopic (exact) mass is 319 g/mol. The second-order valence-corrected chi connectivity index (χ2v) is 5.67. The van der Waals surface area contributed by atoms with E-state index in [2.05, 4.69) is 16.4 Å². The van der Waals surface area contributed by atoms with Crippen LogP contribution in [0.3, 0.4) is 0 Å². The number of rotatable bonds is 4. The molecule has 2 aromatic rings. The highest BCUT2D eigenvalue weighted by Crippen LogP contribution is 2.22. The first-order valence-corrected chi connectivity index (χ1v) is 7.33. The van der Waals surface area contributed by atoms with E-state index in [1.54, 1.807) is 6.07 Å². The van der Waals surface area contributed by atoms with Crippen LogP contribution in [0, 0.1) is 25.2 Å². The van der Waals surface area contributed by atoms with Gasteiger partial charge < -0.3 is 5.32 Å². The van der Waals surface area contributed by atoms with Gasteiger partial charge in [-0.15, -0.1) is 0 Å². The average Bonchev–Trinajstić information content (AvgIpc) is 2.41. The molecule has 108 valence electrons. The van der Waals surface area contributed by atoms with Crippen molar-refractivity contribution in [1.29, 1.82) is 5.26 Å². The molecule has 0 fully saturated rings. The van der Waals surface area contributed by atoms with E-state index in [-0.39, 0.29) is 0 Å². The van der Waals surface area contributed by atoms with E-state index in [9.17, 15) is 5.26 Å². The van der Waals surface area contributed by atoms with Gasteiger partial charge in [0.2, 0.25) is 0 Å². The summed E-state index contributed by atoms with van der Waals surface area (Å²) in [5.74, 6) is 0.625. The highest BCUT2D eigenvalue weighted by Gasteiger charge is 2.08. The van der Waals surface area contributed by atoms with Crippen molar-refractivity contribution in [2.24, 2.45) is 0 Å². The Morgan fingerprint density at radius 3 is 2.67 bits per heavy atom. The Morgan fingerprint density at radius 1 is 1.24 bits per heavy atom. The molecule has 0 bridgehead atoms. The van der Waals surface area contributed by atoms with E-state index < -0.39 is 0 Å². The lowest BCUT2D eigenvalue weighted by molar-refractivity contribution is 0.996. The van der Waals surface area contributed by atoms with Gasteiger partial charge in [0, 0.05) is 22.3 Å². The van der Waals surface area contributed by atoms with Gasteiger partial charge in [-0.2, -0.15) is 5.26 Å². The molecule has 3 nitrogen and oxygen atoms in total. The lowest BCUT2D eigenvalue weighted by Gasteiger charge is -2.11. The molecule has 0 saturated carbocycles. The van der Waals surface area contributed by atoms with Crippen molar-refractivity contribution in [3.63, 3.8) is 0 Å². The molecule has 1 aromatic heterocycles. The first-order valence-electron chi connectivity index (χ1n) is 6.57. The lowest BCUT2D eigenvalue weighted by Crippen LogP contribution is -2.09. The summed E-state index contributed by atoms with van der Waals surface area (Å²) in [6.45, 7) is 4.47. The maximum atomic E-state index is 9.22. The summed E-state index contributed by atoms with van der Waals surface area (Å²) in [4.78, 5) is 4.38. The predicted molar refractivity (Wildman–Crippen MR) is 87.1 cm³/mol. The van der Waals surface area contributed by atoms with Crippen LogP contribution >= 0.6 is 23.2 Å². The van der Waals surface area contributed by atoms with E-state index in [4.69, 9.17) is 23.2 Å². The summed E-state index contributed by atoms with van der Waals surface area (Å²) in [6.07, 6.45) is 0.732. The second-order valence-electron chi connectivity index (χ2n) is 4.83. The second kappa shape index (κ2) is 6.80. The minimum Gasteiger partial charge on any atom is -0.369 e. The van der Waals surface area contributed by atoms with Crippen molar-refractivity contribution in [2.75, 3.05) is 11.9 Å². The molecule has 0 amide bonds. The van der Waals surface area contributed by atoms with Crippen LogP contribution in [0.4, 0.5) is 5.82 Å². The summed E-state index contributed by atoms with van der Waals surface area (Å²) in [6, 6.07) is 9.55. The van der Waals surface area contributed by atoms with Gasteiger partial charge in [0.1, 0.15) is 11.9 Å². The minimum atomic E-state index is 0.586. The average molecular weight is 320 g/mol. The highest BCUT2D eigenvalue weighted by atomic mass is 35.5. The van der Waals surface area contributed by atoms with Crippen LogP contribution in [0.2, 0.25) is 10.0 Å². The molecule has 0 radical (unpaired) electrons. The Morgan fingerprint density at radius 2 is 2.00 bits per heavy atom. The molecule has 21 heavy (non-hydrogen) atoms. The predicted octanol–water partition coefficient (Wildman–Crippen LogP) is 4.53. The Balaban J connectivity index is 2.09. The maximum Gasteiger partial charge on any atom is 0.144 e. The number of nitrogens with zero attached hydrogens (tertiary/aromatic N) is 2. The van der Waals surface area contributed by atoms with Gasteiger partial charge in [0.05, 0.1) is 5.56 Å². The number of aryl methyl sites for hydroxylation is 2. The van der Waals surface area contributed by atoms with Crippen molar-refractivity contribution < 1.29 is 0 Å². The summed E-state index contributed by atoms with van der Waals surface area (Å²) in [7, 11) is 0. The number of hydrogen-bond donors (Lipinski definition) is 1. The zero-order valence-electron chi connectivity index (χ0n) is 11.9. The summed E-state index contributed by atoms with van der Waals surface area (Å²) >= 11 is 12.0. The molecule has 1 N–H and O–H groups in total. The van der Waals surface area contributed by atoms with Crippen LogP contribution in [0.15, 0.2) is 24.3 Å². The van der Waals surface area contributed by atoms with Gasteiger partial charge in [-0.1, -0.05) is 29.3 Å². The van der Waals surface area contributed by atoms with E-state index in [0.717, 1.165) is 23.2 Å². The molecule has 5 heteroatoms. The fourth-order valence-electron chi connectivity index (χ4n) is 2.15. The smallest absolute Gasteiger partial charge is 0.144 e. The van der Waals surface area contributed by atoms with Gasteiger partial charge >= 0.3 is 0 Å². The minimum absolute atomic E-state index is 0.586. The molecular weight excluding hydrogens is 305 g/mol. The van der Waals surface area contributed by atoms with Gasteiger partial charge in [0.25, 0.3) is 0 Å². The molecule has 0 spiro atoms. The van der Waals surface area contributed by atoms with Crippen molar-refractivity contribution in [3.05, 3.63) is 56.7 Å². The first kappa shape index (κ1) is 15.6. The molecule has 2 rings (SSSR count). The molecule has 1 heterocycles. The third kappa shape index (κ3) is 3.87. The van der Waals surface area contributed by atoms with Gasteiger partial charge in [-0.25, -0.2) is 4.98 Å². The Hall–Kier alpha value is -1.76. The lowest BCUT2D eigenvalue weighted by atomic mass is 10.1. The van der Waals surface area contributed by atoms with Crippen molar-refractivity contribution >= 4 is 29.0 Å². The van der Waals surface area contributed by atoms with Crippen LogP contribution in [-0.2, 0) is 6.42 Å². The van der Waals surface area contributed by atoms with Crippen molar-refractivity contribution in [3.8, 4) is 6.07 Å². The molecule has 0 unspecified atom stereocenters. The normalized spacial score (nSPS) is 10.2. The SMILES string of the molecule is Cc1cc(C)c(C#N)c(NCCc2ccc(Cl)cc2Cl)n1. The van der Waals surface area contributed by atoms with Crippen molar-refractivity contribution in [1.82, 2.24) is 4.98 Å². The standard InChI is InChI=1S/C16H15Cl2N3/c1-10-7-11(2)21-16(14(10)9-19)20-6-5-12-3-4-13(17)8-15(12)18/h3-4,7-8H,5-6H2,1-2H3,(H,20,21). The number of benzene rings is 1. The van der Waals surface area contributed by atoms with Crippen LogP contribution < -0.4 is 5.32 Å². The van der Waals surface area contributed by atoms with Crippen LogP contribution in [0.25, 0.3) is 0 Å². The largest absolute Gasteiger partial charge is 0.369 e. The summed E-state index contributed by atoms with van der Waals surface area (Å²) < 4.78 is 0. The fraction of sp³-hybridized carbons (Fsp3) is 0.250. The van der Waals surface area contributed by atoms with Gasteiger partial charge in [-0.05, 0) is 49.6 Å². The zero-order chi connectivity index (χ0) is 15.4. The number of nitrogens with one attached hydrogen (secondary N) is 1. The number of hydrogen-bond acceptors (Lipinski definition) is 3. The van der Waals surface area contributed by atoms with Crippen LogP contribution in [0.1, 0.15) is 22.4 Å². The number of halogens is 2. The Bertz CT molecular complexity index is 705. The van der Waals surface area contributed by atoms with E-state index in [1.807, 2.05) is 32.0 Å². The van der Waals surface area contributed by atoms with E-state index in [0.29, 0.717) is 28.0 Å². The molecule has 0 aliphatic heterocycles. The Labute approximate surface area is 134 Å². The fourth-order valence-corrected chi connectivity index (χ4v) is 2.65. The van der Waals surface area contributed by atoms with Crippen LogP contribution in [0.5, 0.6) is 0 Å². The van der Waals surface area contributed by atoms with E-state index in [1.165, 1.54) is 0 Å². The Kier molecular flexibility index (Phi) is 5.06. The quantitative estimate of drug-likeness (QED) is 0.900. The number of nitriles is 1. The number of pyridine rings is 1. The van der Waals surface area contributed by atoms with Crippen LogP contribution in [-0.4, -0.2) is 11.5 Å². The molecule has 0 aliphatic rings. The van der Waals surface area contributed by atoms with Crippen molar-refractivity contribution in [2.45, 2.75) is 20.3 Å². The summed E-state index contributed by atoms with van der Waals surface area (Å²) in [5, 5.41) is 13.7. The van der Waals surface area contributed by atoms with Gasteiger partial charge in [0.15, 0.2) is 0 Å². The van der Waals surface area contributed by atoms with Gasteiger partial charge in [-0.3, -0.25) is 0 Å².